The van der Waals surface area contributed by atoms with Crippen LogP contribution in [-0.2, 0) is 6.42 Å². The number of hydrogen-bond acceptors (Lipinski definition) is 4. The highest BCUT2D eigenvalue weighted by Gasteiger charge is 2.14. The van der Waals surface area contributed by atoms with Gasteiger partial charge >= 0.3 is 0 Å². The third kappa shape index (κ3) is 3.32. The maximum absolute atomic E-state index is 12.1. The van der Waals surface area contributed by atoms with Crippen LogP contribution >= 0.6 is 11.3 Å². The molecular weight excluding hydrogens is 258 g/mol. The Balaban J connectivity index is 2.08. The van der Waals surface area contributed by atoms with Gasteiger partial charge in [-0.2, -0.15) is 0 Å². The predicted molar refractivity (Wildman–Crippen MR) is 79.7 cm³/mol. The normalized spacial score (nSPS) is 10.4. The molecule has 19 heavy (non-hydrogen) atoms. The molecule has 1 aromatic carbocycles. The average molecular weight is 275 g/mol. The highest BCUT2D eigenvalue weighted by molar-refractivity contribution is 7.17. The molecule has 0 atom stereocenters. The maximum atomic E-state index is 12.1. The highest BCUT2D eigenvalue weighted by Crippen LogP contribution is 2.21. The molecule has 0 unspecified atom stereocenters. The molecule has 3 N–H and O–H groups in total. The Hall–Kier alpha value is -1.88. The van der Waals surface area contributed by atoms with Crippen molar-refractivity contribution >= 4 is 28.1 Å². The summed E-state index contributed by atoms with van der Waals surface area (Å²) < 4.78 is 0. The van der Waals surface area contributed by atoms with Crippen LogP contribution in [0.15, 0.2) is 24.3 Å². The lowest BCUT2D eigenvalue weighted by atomic mass is 10.1. The van der Waals surface area contributed by atoms with Gasteiger partial charge in [0.05, 0.1) is 5.69 Å². The summed E-state index contributed by atoms with van der Waals surface area (Å²) in [5.41, 5.74) is 8.33. The number of benzene rings is 1. The monoisotopic (exact) mass is 275 g/mol. The van der Waals surface area contributed by atoms with E-state index in [1.807, 2.05) is 24.3 Å². The van der Waals surface area contributed by atoms with Crippen molar-refractivity contribution in [2.45, 2.75) is 26.7 Å². The number of carbonyl (C=O) groups is 1. The topological polar surface area (TPSA) is 68.0 Å². The summed E-state index contributed by atoms with van der Waals surface area (Å²) >= 11 is 1.21. The van der Waals surface area contributed by atoms with Crippen LogP contribution in [0.5, 0.6) is 0 Å². The van der Waals surface area contributed by atoms with E-state index in [0.29, 0.717) is 15.7 Å². The number of anilines is 2. The second-order valence-electron chi connectivity index (χ2n) is 4.37. The van der Waals surface area contributed by atoms with Crippen LogP contribution in [0, 0.1) is 6.92 Å². The molecule has 0 aliphatic heterocycles. The molecule has 100 valence electrons. The summed E-state index contributed by atoms with van der Waals surface area (Å²) in [5.74, 6) is -0.157. The number of nitrogens with two attached hydrogens (primary N) is 1. The van der Waals surface area contributed by atoms with Crippen molar-refractivity contribution in [2.24, 2.45) is 0 Å². The minimum Gasteiger partial charge on any atom is -0.375 e. The van der Waals surface area contributed by atoms with Crippen molar-refractivity contribution in [2.75, 3.05) is 11.1 Å². The number of aromatic nitrogens is 1. The highest BCUT2D eigenvalue weighted by atomic mass is 32.1. The molecule has 0 saturated carbocycles. The van der Waals surface area contributed by atoms with E-state index in [9.17, 15) is 4.79 Å². The zero-order valence-electron chi connectivity index (χ0n) is 11.1. The first kappa shape index (κ1) is 13.5. The summed E-state index contributed by atoms with van der Waals surface area (Å²) in [7, 11) is 0. The van der Waals surface area contributed by atoms with Crippen LogP contribution in [0.1, 0.15) is 34.3 Å². The van der Waals surface area contributed by atoms with Crippen LogP contribution < -0.4 is 11.1 Å². The Morgan fingerprint density at radius 3 is 2.58 bits per heavy atom. The molecule has 1 heterocycles. The molecule has 1 amide bonds. The number of nitrogens with zero attached hydrogens (tertiary/aromatic N) is 1. The van der Waals surface area contributed by atoms with Crippen LogP contribution in [0.2, 0.25) is 0 Å². The van der Waals surface area contributed by atoms with E-state index in [4.69, 9.17) is 5.73 Å². The van der Waals surface area contributed by atoms with Gasteiger partial charge in [0, 0.05) is 5.69 Å². The van der Waals surface area contributed by atoms with Crippen LogP contribution in [-0.4, -0.2) is 10.9 Å². The van der Waals surface area contributed by atoms with Crippen molar-refractivity contribution in [1.82, 2.24) is 4.98 Å². The summed E-state index contributed by atoms with van der Waals surface area (Å²) in [4.78, 5) is 16.7. The lowest BCUT2D eigenvalue weighted by molar-refractivity contribution is 0.103. The summed E-state index contributed by atoms with van der Waals surface area (Å²) in [5, 5.41) is 3.28. The standard InChI is InChI=1S/C14H17N3OS/c1-3-4-10-5-7-11(8-6-10)17-13(18)12-9(2)16-14(15)19-12/h5-8H,3-4H2,1-2H3,(H2,15,16)(H,17,18). The summed E-state index contributed by atoms with van der Waals surface area (Å²) in [6, 6.07) is 7.91. The number of nitrogens with one attached hydrogen (secondary N) is 1. The lowest BCUT2D eigenvalue weighted by Crippen LogP contribution is -2.11. The van der Waals surface area contributed by atoms with E-state index in [-0.39, 0.29) is 5.91 Å². The second kappa shape index (κ2) is 5.84. The number of aryl methyl sites for hydroxylation is 2. The van der Waals surface area contributed by atoms with Crippen molar-refractivity contribution in [3.8, 4) is 0 Å². The summed E-state index contributed by atoms with van der Waals surface area (Å²) in [6.07, 6.45) is 2.17. The van der Waals surface area contributed by atoms with Gasteiger partial charge in [-0.15, -0.1) is 0 Å². The molecule has 0 bridgehead atoms. The van der Waals surface area contributed by atoms with Gasteiger partial charge in [-0.25, -0.2) is 4.98 Å². The van der Waals surface area contributed by atoms with Gasteiger partial charge in [-0.05, 0) is 31.0 Å². The number of carbonyl (C=O) groups excluding carboxylic acids is 1. The lowest BCUT2D eigenvalue weighted by Gasteiger charge is -2.05. The van der Waals surface area contributed by atoms with Crippen molar-refractivity contribution in [3.05, 3.63) is 40.4 Å². The molecule has 2 rings (SSSR count). The van der Waals surface area contributed by atoms with Crippen LogP contribution in [0.4, 0.5) is 10.8 Å². The minimum atomic E-state index is -0.157. The Morgan fingerprint density at radius 2 is 2.05 bits per heavy atom. The molecule has 0 saturated heterocycles. The molecule has 0 fully saturated rings. The minimum absolute atomic E-state index is 0.157. The molecule has 0 spiro atoms. The number of rotatable bonds is 4. The van der Waals surface area contributed by atoms with E-state index in [0.717, 1.165) is 18.5 Å². The maximum Gasteiger partial charge on any atom is 0.267 e. The molecule has 5 heteroatoms. The molecule has 1 aromatic heterocycles. The van der Waals surface area contributed by atoms with Crippen LogP contribution in [0.3, 0.4) is 0 Å². The first-order chi connectivity index (χ1) is 9.10. The van der Waals surface area contributed by atoms with Gasteiger partial charge in [0.25, 0.3) is 5.91 Å². The third-order valence-electron chi connectivity index (χ3n) is 2.77. The first-order valence-electron chi connectivity index (χ1n) is 6.23. The molecule has 0 aliphatic carbocycles. The molecule has 2 aromatic rings. The van der Waals surface area contributed by atoms with Gasteiger partial charge in [-0.3, -0.25) is 4.79 Å². The summed E-state index contributed by atoms with van der Waals surface area (Å²) in [6.45, 7) is 3.93. The largest absolute Gasteiger partial charge is 0.375 e. The van der Waals surface area contributed by atoms with E-state index in [1.165, 1.54) is 16.9 Å². The first-order valence-corrected chi connectivity index (χ1v) is 7.05. The number of hydrogen-bond donors (Lipinski definition) is 2. The quantitative estimate of drug-likeness (QED) is 0.900. The van der Waals surface area contributed by atoms with E-state index in [1.54, 1.807) is 6.92 Å². The molecule has 0 radical (unpaired) electrons. The smallest absolute Gasteiger partial charge is 0.267 e. The van der Waals surface area contributed by atoms with Gasteiger partial charge in [0.15, 0.2) is 5.13 Å². The Morgan fingerprint density at radius 1 is 1.37 bits per heavy atom. The molecule has 4 nitrogen and oxygen atoms in total. The van der Waals surface area contributed by atoms with E-state index >= 15 is 0 Å². The second-order valence-corrected chi connectivity index (χ2v) is 5.40. The number of thiazole rings is 1. The molecular formula is C14H17N3OS. The SMILES string of the molecule is CCCc1ccc(NC(=O)c2sc(N)nc2C)cc1. The molecule has 0 aliphatic rings. The average Bonchev–Trinajstić information content (AvgIpc) is 2.71. The van der Waals surface area contributed by atoms with E-state index < -0.39 is 0 Å². The van der Waals surface area contributed by atoms with E-state index in [2.05, 4.69) is 17.2 Å². The van der Waals surface area contributed by atoms with Crippen molar-refractivity contribution < 1.29 is 4.79 Å². The number of nitrogen functional groups attached to an aromatic ring is 1. The number of amides is 1. The predicted octanol–water partition coefficient (Wildman–Crippen LogP) is 3.24. The van der Waals surface area contributed by atoms with Gasteiger partial charge in [-0.1, -0.05) is 36.8 Å². The van der Waals surface area contributed by atoms with Crippen molar-refractivity contribution in [1.29, 1.82) is 0 Å². The Labute approximate surface area is 116 Å². The van der Waals surface area contributed by atoms with Gasteiger partial charge in [0.1, 0.15) is 4.88 Å². The Bertz CT molecular complexity index is 575. The van der Waals surface area contributed by atoms with Gasteiger partial charge < -0.3 is 11.1 Å². The van der Waals surface area contributed by atoms with Gasteiger partial charge in [0.2, 0.25) is 0 Å². The fourth-order valence-corrected chi connectivity index (χ4v) is 2.59. The van der Waals surface area contributed by atoms with Crippen molar-refractivity contribution in [3.63, 3.8) is 0 Å². The Kier molecular flexibility index (Phi) is 4.16. The fraction of sp³-hybridized carbons (Fsp3) is 0.286. The fourth-order valence-electron chi connectivity index (χ4n) is 1.86. The zero-order valence-corrected chi connectivity index (χ0v) is 11.9. The van der Waals surface area contributed by atoms with Crippen LogP contribution in [0.25, 0.3) is 0 Å². The zero-order chi connectivity index (χ0) is 13.8. The third-order valence-corrected chi connectivity index (χ3v) is 3.76.